The van der Waals surface area contributed by atoms with Gasteiger partial charge >= 0.3 is 6.03 Å². The Labute approximate surface area is 155 Å². The highest BCUT2D eigenvalue weighted by Gasteiger charge is 2.16. The van der Waals surface area contributed by atoms with Crippen molar-refractivity contribution in [1.29, 1.82) is 0 Å². The minimum Gasteiger partial charge on any atom is -0.497 e. The van der Waals surface area contributed by atoms with E-state index >= 15 is 0 Å². The van der Waals surface area contributed by atoms with Crippen LogP contribution >= 0.6 is 0 Å². The zero-order chi connectivity index (χ0) is 18.8. The zero-order valence-electron chi connectivity index (χ0n) is 14.6. The second kappa shape index (κ2) is 6.96. The SMILES string of the molecule is COc1ccc(-c2cc3ccccc3n2C(=O)Nc2ccc(F)cc2)cc1. The zero-order valence-corrected chi connectivity index (χ0v) is 14.6. The molecule has 0 saturated carbocycles. The van der Waals surface area contributed by atoms with Gasteiger partial charge in [-0.1, -0.05) is 18.2 Å². The van der Waals surface area contributed by atoms with Gasteiger partial charge in [-0.25, -0.2) is 9.18 Å². The fourth-order valence-corrected chi connectivity index (χ4v) is 3.06. The van der Waals surface area contributed by atoms with E-state index in [1.807, 2.05) is 54.6 Å². The van der Waals surface area contributed by atoms with Crippen LogP contribution in [0.15, 0.2) is 78.9 Å². The summed E-state index contributed by atoms with van der Waals surface area (Å²) in [5.41, 5.74) is 2.97. The Morgan fingerprint density at radius 1 is 0.963 bits per heavy atom. The standard InChI is InChI=1S/C22H17FN2O2/c1-27-19-12-6-15(7-13-19)21-14-16-4-2-3-5-20(16)25(21)22(26)24-18-10-8-17(23)9-11-18/h2-14H,1H3,(H,24,26). The van der Waals surface area contributed by atoms with Crippen molar-refractivity contribution in [3.8, 4) is 17.0 Å². The number of fused-ring (bicyclic) bond motifs is 1. The number of amides is 1. The van der Waals surface area contributed by atoms with E-state index < -0.39 is 0 Å². The molecule has 1 N–H and O–H groups in total. The number of rotatable bonds is 3. The van der Waals surface area contributed by atoms with Gasteiger partial charge in [-0.05, 0) is 66.2 Å². The Kier molecular flexibility index (Phi) is 4.34. The third kappa shape index (κ3) is 3.27. The van der Waals surface area contributed by atoms with Gasteiger partial charge in [0.2, 0.25) is 0 Å². The minimum absolute atomic E-state index is 0.311. The highest BCUT2D eigenvalue weighted by Crippen LogP contribution is 2.29. The molecule has 4 nitrogen and oxygen atoms in total. The van der Waals surface area contributed by atoms with E-state index in [0.29, 0.717) is 5.69 Å². The van der Waals surface area contributed by atoms with E-state index in [1.165, 1.54) is 24.3 Å². The van der Waals surface area contributed by atoms with Gasteiger partial charge in [0.15, 0.2) is 0 Å². The molecule has 1 heterocycles. The summed E-state index contributed by atoms with van der Waals surface area (Å²) in [7, 11) is 1.61. The van der Waals surface area contributed by atoms with Crippen molar-refractivity contribution in [3.05, 3.63) is 84.7 Å². The van der Waals surface area contributed by atoms with Gasteiger partial charge in [-0.15, -0.1) is 0 Å². The average Bonchev–Trinajstić information content (AvgIpc) is 3.09. The predicted molar refractivity (Wildman–Crippen MR) is 105 cm³/mol. The molecule has 3 aromatic carbocycles. The normalized spacial score (nSPS) is 10.7. The van der Waals surface area contributed by atoms with Crippen LogP contribution in [-0.4, -0.2) is 17.7 Å². The fraction of sp³-hybridized carbons (Fsp3) is 0.0455. The van der Waals surface area contributed by atoms with Crippen LogP contribution in [0.5, 0.6) is 5.75 Å². The summed E-state index contributed by atoms with van der Waals surface area (Å²) in [6, 6.07) is 22.6. The van der Waals surface area contributed by atoms with Crippen molar-refractivity contribution in [2.75, 3.05) is 12.4 Å². The smallest absolute Gasteiger partial charge is 0.330 e. The molecule has 0 aliphatic carbocycles. The lowest BCUT2D eigenvalue weighted by molar-refractivity contribution is 0.254. The number of methoxy groups -OCH3 is 1. The number of hydrogen-bond acceptors (Lipinski definition) is 2. The van der Waals surface area contributed by atoms with Crippen LogP contribution in [0.4, 0.5) is 14.9 Å². The number of carbonyl (C=O) groups excluding carboxylic acids is 1. The van der Waals surface area contributed by atoms with E-state index in [2.05, 4.69) is 5.32 Å². The van der Waals surface area contributed by atoms with Gasteiger partial charge in [0.1, 0.15) is 11.6 Å². The van der Waals surface area contributed by atoms with Crippen molar-refractivity contribution in [2.24, 2.45) is 0 Å². The molecule has 1 aromatic heterocycles. The van der Waals surface area contributed by atoms with E-state index in [-0.39, 0.29) is 11.8 Å². The number of benzene rings is 3. The second-order valence-corrected chi connectivity index (χ2v) is 6.09. The molecule has 27 heavy (non-hydrogen) atoms. The van der Waals surface area contributed by atoms with Gasteiger partial charge in [0, 0.05) is 11.1 Å². The number of nitrogens with zero attached hydrogens (tertiary/aromatic N) is 1. The van der Waals surface area contributed by atoms with Gasteiger partial charge in [-0.3, -0.25) is 4.57 Å². The Balaban J connectivity index is 1.79. The lowest BCUT2D eigenvalue weighted by atomic mass is 10.1. The molecule has 0 aliphatic rings. The fourth-order valence-electron chi connectivity index (χ4n) is 3.06. The van der Waals surface area contributed by atoms with Crippen molar-refractivity contribution >= 4 is 22.6 Å². The molecular weight excluding hydrogens is 343 g/mol. The van der Waals surface area contributed by atoms with Crippen LogP contribution in [0.25, 0.3) is 22.2 Å². The molecular formula is C22H17FN2O2. The number of aromatic nitrogens is 1. The van der Waals surface area contributed by atoms with Gasteiger partial charge in [-0.2, -0.15) is 0 Å². The van der Waals surface area contributed by atoms with Crippen LogP contribution in [0, 0.1) is 5.82 Å². The first-order valence-electron chi connectivity index (χ1n) is 8.47. The first kappa shape index (κ1) is 16.8. The highest BCUT2D eigenvalue weighted by atomic mass is 19.1. The largest absolute Gasteiger partial charge is 0.497 e. The van der Waals surface area contributed by atoms with Crippen LogP contribution < -0.4 is 10.1 Å². The van der Waals surface area contributed by atoms with Gasteiger partial charge < -0.3 is 10.1 Å². The maximum atomic E-state index is 13.1. The molecule has 0 atom stereocenters. The minimum atomic E-state index is -0.349. The number of halogens is 1. The third-order valence-corrected chi connectivity index (χ3v) is 4.40. The summed E-state index contributed by atoms with van der Waals surface area (Å²) in [6.07, 6.45) is 0. The van der Waals surface area contributed by atoms with E-state index in [9.17, 15) is 9.18 Å². The Hall–Kier alpha value is -3.60. The number of carbonyl (C=O) groups is 1. The molecule has 1 amide bonds. The van der Waals surface area contributed by atoms with Crippen LogP contribution in [0.1, 0.15) is 0 Å². The van der Waals surface area contributed by atoms with Crippen molar-refractivity contribution in [2.45, 2.75) is 0 Å². The quantitative estimate of drug-likeness (QED) is 0.521. The average molecular weight is 360 g/mol. The molecule has 4 rings (SSSR count). The van der Waals surface area contributed by atoms with Crippen LogP contribution in [0.2, 0.25) is 0 Å². The summed E-state index contributed by atoms with van der Waals surface area (Å²) in [4.78, 5) is 13.0. The summed E-state index contributed by atoms with van der Waals surface area (Å²) in [5.74, 6) is 0.399. The van der Waals surface area contributed by atoms with Crippen LogP contribution in [-0.2, 0) is 0 Å². The first-order valence-corrected chi connectivity index (χ1v) is 8.47. The third-order valence-electron chi connectivity index (χ3n) is 4.40. The number of hydrogen-bond donors (Lipinski definition) is 1. The predicted octanol–water partition coefficient (Wildman–Crippen LogP) is 5.54. The molecule has 0 radical (unpaired) electrons. The molecule has 0 spiro atoms. The molecule has 0 aliphatic heterocycles. The molecule has 0 saturated heterocycles. The summed E-state index contributed by atoms with van der Waals surface area (Å²) in [5, 5.41) is 3.79. The number of ether oxygens (including phenoxy) is 1. The Morgan fingerprint density at radius 3 is 2.37 bits per heavy atom. The number of para-hydroxylation sites is 1. The van der Waals surface area contributed by atoms with Crippen LogP contribution in [0.3, 0.4) is 0 Å². The Bertz CT molecular complexity index is 1100. The molecule has 5 heteroatoms. The maximum absolute atomic E-state index is 13.1. The molecule has 0 unspecified atom stereocenters. The monoisotopic (exact) mass is 360 g/mol. The van der Waals surface area contributed by atoms with E-state index in [4.69, 9.17) is 4.74 Å². The molecule has 0 bridgehead atoms. The highest BCUT2D eigenvalue weighted by molar-refractivity contribution is 6.02. The summed E-state index contributed by atoms with van der Waals surface area (Å²) >= 11 is 0. The molecule has 134 valence electrons. The lowest BCUT2D eigenvalue weighted by Crippen LogP contribution is -2.20. The second-order valence-electron chi connectivity index (χ2n) is 6.09. The number of nitrogens with one attached hydrogen (secondary N) is 1. The molecule has 0 fully saturated rings. The first-order chi connectivity index (χ1) is 13.2. The topological polar surface area (TPSA) is 43.3 Å². The maximum Gasteiger partial charge on any atom is 0.330 e. The van der Waals surface area contributed by atoms with Gasteiger partial charge in [0.05, 0.1) is 18.3 Å². The van der Waals surface area contributed by atoms with Gasteiger partial charge in [0.25, 0.3) is 0 Å². The van der Waals surface area contributed by atoms with E-state index in [1.54, 1.807) is 11.7 Å². The van der Waals surface area contributed by atoms with Crippen molar-refractivity contribution in [3.63, 3.8) is 0 Å². The van der Waals surface area contributed by atoms with Crippen molar-refractivity contribution in [1.82, 2.24) is 4.57 Å². The summed E-state index contributed by atoms with van der Waals surface area (Å²) < 4.78 is 20.0. The lowest BCUT2D eigenvalue weighted by Gasteiger charge is -2.12. The van der Waals surface area contributed by atoms with E-state index in [0.717, 1.165) is 27.9 Å². The van der Waals surface area contributed by atoms with Crippen molar-refractivity contribution < 1.29 is 13.9 Å². The molecule has 4 aromatic rings. The summed E-state index contributed by atoms with van der Waals surface area (Å²) in [6.45, 7) is 0. The Morgan fingerprint density at radius 2 is 1.67 bits per heavy atom. The number of anilines is 1.